The maximum Gasteiger partial charge on any atom is 0.123 e. The summed E-state index contributed by atoms with van der Waals surface area (Å²) in [6, 6.07) is 8.49. The van der Waals surface area contributed by atoms with Crippen LogP contribution in [0.25, 0.3) is 10.6 Å². The molecular weight excluding hydrogens is 254 g/mol. The summed E-state index contributed by atoms with van der Waals surface area (Å²) in [5.41, 5.74) is 9.31. The van der Waals surface area contributed by atoms with Crippen molar-refractivity contribution < 1.29 is 0 Å². The first-order valence-electron chi connectivity index (χ1n) is 6.50. The summed E-state index contributed by atoms with van der Waals surface area (Å²) in [6.45, 7) is 4.89. The number of hydrogen-bond donors (Lipinski definition) is 1. The Morgan fingerprint density at radius 1 is 1.21 bits per heavy atom. The van der Waals surface area contributed by atoms with Crippen LogP contribution in [0.15, 0.2) is 24.3 Å². The monoisotopic (exact) mass is 275 g/mol. The van der Waals surface area contributed by atoms with Crippen LogP contribution < -0.4 is 10.6 Å². The van der Waals surface area contributed by atoms with E-state index in [0.717, 1.165) is 16.3 Å². The minimum absolute atomic E-state index is 0.421. The number of nitrogens with two attached hydrogens (primary N) is 1. The molecule has 0 unspecified atom stereocenters. The fourth-order valence-corrected chi connectivity index (χ4v) is 3.09. The molecule has 2 aromatic rings. The molecule has 0 aliphatic rings. The van der Waals surface area contributed by atoms with Crippen LogP contribution in [0.2, 0.25) is 0 Å². The Kier molecular flexibility index (Phi) is 4.22. The molecule has 0 fully saturated rings. The average molecular weight is 275 g/mol. The van der Waals surface area contributed by atoms with Crippen LogP contribution in [0.4, 0.5) is 5.69 Å². The molecule has 0 spiro atoms. The van der Waals surface area contributed by atoms with Crippen LogP contribution in [-0.4, -0.2) is 19.1 Å². The van der Waals surface area contributed by atoms with Crippen molar-refractivity contribution in [2.75, 3.05) is 19.0 Å². The van der Waals surface area contributed by atoms with Gasteiger partial charge in [0, 0.05) is 36.8 Å². The zero-order chi connectivity index (χ0) is 14.0. The molecule has 2 N–H and O–H groups in total. The number of hydrogen-bond acceptors (Lipinski definition) is 4. The van der Waals surface area contributed by atoms with Gasteiger partial charge >= 0.3 is 0 Å². The number of rotatable bonds is 4. The summed E-state index contributed by atoms with van der Waals surface area (Å²) in [5.74, 6) is 0.421. The van der Waals surface area contributed by atoms with Gasteiger partial charge in [0.05, 0.1) is 5.69 Å². The molecule has 0 saturated heterocycles. The third-order valence-electron chi connectivity index (χ3n) is 3.09. The van der Waals surface area contributed by atoms with Crippen LogP contribution in [0.3, 0.4) is 0 Å². The molecule has 0 aliphatic carbocycles. The Balaban J connectivity index is 2.36. The van der Waals surface area contributed by atoms with E-state index in [-0.39, 0.29) is 0 Å². The van der Waals surface area contributed by atoms with Gasteiger partial charge in [-0.3, -0.25) is 0 Å². The van der Waals surface area contributed by atoms with Gasteiger partial charge in [-0.1, -0.05) is 13.8 Å². The van der Waals surface area contributed by atoms with Gasteiger partial charge in [0.15, 0.2) is 0 Å². The van der Waals surface area contributed by atoms with E-state index in [0.29, 0.717) is 12.5 Å². The highest BCUT2D eigenvalue weighted by Gasteiger charge is 2.14. The van der Waals surface area contributed by atoms with Gasteiger partial charge in [-0.15, -0.1) is 11.3 Å². The lowest BCUT2D eigenvalue weighted by molar-refractivity contribution is 0.814. The number of aromatic nitrogens is 1. The molecule has 3 nitrogen and oxygen atoms in total. The van der Waals surface area contributed by atoms with Crippen molar-refractivity contribution in [2.45, 2.75) is 26.3 Å². The minimum Gasteiger partial charge on any atom is -0.378 e. The first kappa shape index (κ1) is 14.0. The molecule has 0 saturated carbocycles. The van der Waals surface area contributed by atoms with Gasteiger partial charge in [0.1, 0.15) is 5.01 Å². The topological polar surface area (TPSA) is 42.2 Å². The molecule has 0 radical (unpaired) electrons. The third kappa shape index (κ3) is 2.96. The fraction of sp³-hybridized carbons (Fsp3) is 0.400. The van der Waals surface area contributed by atoms with Crippen molar-refractivity contribution in [1.29, 1.82) is 0 Å². The second-order valence-electron chi connectivity index (χ2n) is 5.13. The Morgan fingerprint density at radius 2 is 1.84 bits per heavy atom. The van der Waals surface area contributed by atoms with Crippen LogP contribution in [0, 0.1) is 0 Å². The van der Waals surface area contributed by atoms with Gasteiger partial charge in [0.2, 0.25) is 0 Å². The van der Waals surface area contributed by atoms with Crippen molar-refractivity contribution >= 4 is 17.0 Å². The lowest BCUT2D eigenvalue weighted by Crippen LogP contribution is -2.07. The van der Waals surface area contributed by atoms with Crippen molar-refractivity contribution in [2.24, 2.45) is 5.73 Å². The summed E-state index contributed by atoms with van der Waals surface area (Å²) in [7, 11) is 4.09. The van der Waals surface area contributed by atoms with Gasteiger partial charge in [-0.05, 0) is 30.2 Å². The summed E-state index contributed by atoms with van der Waals surface area (Å²) >= 11 is 1.71. The number of benzene rings is 1. The van der Waals surface area contributed by atoms with Gasteiger partial charge in [-0.25, -0.2) is 4.98 Å². The van der Waals surface area contributed by atoms with Gasteiger partial charge in [0.25, 0.3) is 0 Å². The van der Waals surface area contributed by atoms with Crippen molar-refractivity contribution in [3.05, 3.63) is 34.8 Å². The molecule has 102 valence electrons. The second kappa shape index (κ2) is 5.72. The molecule has 0 aliphatic heterocycles. The van der Waals surface area contributed by atoms with E-state index in [1.54, 1.807) is 11.3 Å². The molecule has 0 amide bonds. The molecular formula is C15H21N3S. The highest BCUT2D eigenvalue weighted by atomic mass is 32.1. The Labute approximate surface area is 119 Å². The zero-order valence-corrected chi connectivity index (χ0v) is 12.8. The van der Waals surface area contributed by atoms with Crippen molar-refractivity contribution in [1.82, 2.24) is 4.98 Å². The lowest BCUT2D eigenvalue weighted by atomic mass is 10.1. The van der Waals surface area contributed by atoms with E-state index in [1.165, 1.54) is 10.6 Å². The smallest absolute Gasteiger partial charge is 0.123 e. The number of thiazole rings is 1. The predicted molar refractivity (Wildman–Crippen MR) is 83.9 cm³/mol. The maximum absolute atomic E-state index is 5.81. The molecule has 1 aromatic carbocycles. The molecule has 0 bridgehead atoms. The Hall–Kier alpha value is -1.39. The molecule has 1 heterocycles. The molecule has 19 heavy (non-hydrogen) atoms. The average Bonchev–Trinajstić information content (AvgIpc) is 2.83. The van der Waals surface area contributed by atoms with Crippen molar-refractivity contribution in [3.8, 4) is 10.6 Å². The van der Waals surface area contributed by atoms with Crippen LogP contribution >= 0.6 is 11.3 Å². The normalized spacial score (nSPS) is 11.1. The third-order valence-corrected chi connectivity index (χ3v) is 4.23. The molecule has 0 atom stereocenters. The maximum atomic E-state index is 5.81. The van der Waals surface area contributed by atoms with E-state index in [4.69, 9.17) is 10.7 Å². The summed E-state index contributed by atoms with van der Waals surface area (Å²) in [6.07, 6.45) is 0. The van der Waals surface area contributed by atoms with Crippen LogP contribution in [0.1, 0.15) is 30.3 Å². The minimum atomic E-state index is 0.421. The quantitative estimate of drug-likeness (QED) is 0.929. The van der Waals surface area contributed by atoms with E-state index >= 15 is 0 Å². The zero-order valence-electron chi connectivity index (χ0n) is 12.0. The molecule has 1 aromatic heterocycles. The second-order valence-corrected chi connectivity index (χ2v) is 6.21. The van der Waals surface area contributed by atoms with Gasteiger partial charge < -0.3 is 10.6 Å². The highest BCUT2D eigenvalue weighted by Crippen LogP contribution is 2.32. The first-order valence-corrected chi connectivity index (χ1v) is 7.32. The largest absolute Gasteiger partial charge is 0.378 e. The standard InChI is InChI=1S/C15H21N3S/c1-10(2)14-13(9-16)19-15(17-14)11-5-7-12(8-6-11)18(3)4/h5-8,10H,9,16H2,1-4H3. The highest BCUT2D eigenvalue weighted by molar-refractivity contribution is 7.15. The van der Waals surface area contributed by atoms with Gasteiger partial charge in [-0.2, -0.15) is 0 Å². The van der Waals surface area contributed by atoms with E-state index in [9.17, 15) is 0 Å². The van der Waals surface area contributed by atoms with Crippen LogP contribution in [-0.2, 0) is 6.54 Å². The summed E-state index contributed by atoms with van der Waals surface area (Å²) < 4.78 is 0. The Morgan fingerprint density at radius 3 is 2.26 bits per heavy atom. The Bertz CT molecular complexity index is 541. The predicted octanol–water partition coefficient (Wildman–Crippen LogP) is 3.46. The SMILES string of the molecule is CC(C)c1nc(-c2ccc(N(C)C)cc2)sc1CN. The summed E-state index contributed by atoms with van der Waals surface area (Å²) in [4.78, 5) is 8.04. The first-order chi connectivity index (χ1) is 9.02. The lowest BCUT2D eigenvalue weighted by Gasteiger charge is -2.12. The van der Waals surface area contributed by atoms with Crippen LogP contribution in [0.5, 0.6) is 0 Å². The number of anilines is 1. The van der Waals surface area contributed by atoms with Crippen molar-refractivity contribution in [3.63, 3.8) is 0 Å². The van der Waals surface area contributed by atoms with E-state index in [2.05, 4.69) is 43.0 Å². The van der Waals surface area contributed by atoms with E-state index in [1.807, 2.05) is 14.1 Å². The number of nitrogens with zero attached hydrogens (tertiary/aromatic N) is 2. The molecule has 2 rings (SSSR count). The fourth-order valence-electron chi connectivity index (χ4n) is 1.99. The van der Waals surface area contributed by atoms with E-state index < -0.39 is 0 Å². The summed E-state index contributed by atoms with van der Waals surface area (Å²) in [5, 5.41) is 1.06. The molecule has 4 heteroatoms.